The predicted molar refractivity (Wildman–Crippen MR) is 96.8 cm³/mol. The number of aryl methyl sites for hydroxylation is 1. The maximum absolute atomic E-state index is 12.8. The van der Waals surface area contributed by atoms with Gasteiger partial charge in [0.25, 0.3) is 11.8 Å². The molecule has 25 heavy (non-hydrogen) atoms. The second kappa shape index (κ2) is 7.97. The largest absolute Gasteiger partial charge is 0.366 e. The van der Waals surface area contributed by atoms with E-state index < -0.39 is 6.10 Å². The number of morpholine rings is 1. The third kappa shape index (κ3) is 4.19. The van der Waals surface area contributed by atoms with Gasteiger partial charge in [-0.25, -0.2) is 0 Å². The molecule has 0 bridgehead atoms. The number of anilines is 1. The second-order valence-electron chi connectivity index (χ2n) is 6.93. The van der Waals surface area contributed by atoms with Crippen molar-refractivity contribution < 1.29 is 14.3 Å². The van der Waals surface area contributed by atoms with Crippen LogP contribution in [0.4, 0.5) is 5.69 Å². The van der Waals surface area contributed by atoms with Crippen LogP contribution in [0.3, 0.4) is 0 Å². The van der Waals surface area contributed by atoms with E-state index in [9.17, 15) is 9.59 Å². The number of nitrogens with one attached hydrogen (secondary N) is 2. The molecule has 2 amide bonds. The van der Waals surface area contributed by atoms with Gasteiger partial charge in [0.1, 0.15) is 6.10 Å². The van der Waals surface area contributed by atoms with Crippen molar-refractivity contribution in [2.24, 2.45) is 0 Å². The number of nitrogens with zero attached hydrogens (tertiary/aromatic N) is 1. The Morgan fingerprint density at radius 2 is 2.16 bits per heavy atom. The van der Waals surface area contributed by atoms with Gasteiger partial charge in [0.15, 0.2) is 0 Å². The number of carbonyl (C=O) groups is 2. The Labute approximate surface area is 148 Å². The lowest BCUT2D eigenvalue weighted by Gasteiger charge is -2.33. The lowest BCUT2D eigenvalue weighted by molar-refractivity contribution is -0.128. The van der Waals surface area contributed by atoms with Crippen LogP contribution >= 0.6 is 0 Å². The summed E-state index contributed by atoms with van der Waals surface area (Å²) in [5.41, 5.74) is 2.29. The average molecular weight is 345 g/mol. The van der Waals surface area contributed by atoms with E-state index in [1.807, 2.05) is 24.0 Å². The zero-order valence-corrected chi connectivity index (χ0v) is 15.0. The number of likely N-dealkylation sites (tertiary alicyclic amines) is 1. The standard InChI is InChI=1S/C19H27N3O3/c1-13-11-15(19(24)22-9-4-3-5-14(22)2)6-7-16(13)21-18(23)17-12-20-8-10-25-17/h6-7,11,14,17,20H,3-5,8-10,12H2,1-2H3,(H,21,23). The summed E-state index contributed by atoms with van der Waals surface area (Å²) in [5, 5.41) is 6.05. The number of benzene rings is 1. The number of hydrogen-bond acceptors (Lipinski definition) is 4. The summed E-state index contributed by atoms with van der Waals surface area (Å²) in [5.74, 6) is -0.0768. The zero-order valence-electron chi connectivity index (χ0n) is 15.0. The topological polar surface area (TPSA) is 70.7 Å². The Bertz CT molecular complexity index is 641. The monoisotopic (exact) mass is 345 g/mol. The van der Waals surface area contributed by atoms with Crippen molar-refractivity contribution in [2.45, 2.75) is 45.3 Å². The van der Waals surface area contributed by atoms with Crippen LogP contribution in [0.25, 0.3) is 0 Å². The molecule has 0 spiro atoms. The molecule has 3 rings (SSSR count). The molecule has 136 valence electrons. The first-order chi connectivity index (χ1) is 12.1. The summed E-state index contributed by atoms with van der Waals surface area (Å²) in [6.07, 6.45) is 2.85. The maximum Gasteiger partial charge on any atom is 0.254 e. The molecule has 2 aliphatic rings. The fourth-order valence-electron chi connectivity index (χ4n) is 3.45. The van der Waals surface area contributed by atoms with Crippen molar-refractivity contribution in [2.75, 3.05) is 31.6 Å². The molecule has 2 unspecified atom stereocenters. The van der Waals surface area contributed by atoms with Crippen molar-refractivity contribution in [3.63, 3.8) is 0 Å². The van der Waals surface area contributed by atoms with E-state index in [4.69, 9.17) is 4.74 Å². The molecule has 2 atom stereocenters. The molecule has 1 aromatic carbocycles. The van der Waals surface area contributed by atoms with Crippen LogP contribution in [0.5, 0.6) is 0 Å². The lowest BCUT2D eigenvalue weighted by atomic mass is 10.0. The fourth-order valence-corrected chi connectivity index (χ4v) is 3.45. The SMILES string of the molecule is Cc1cc(C(=O)N2CCCCC2C)ccc1NC(=O)C1CNCCO1. The second-order valence-corrected chi connectivity index (χ2v) is 6.93. The fraction of sp³-hybridized carbons (Fsp3) is 0.579. The number of hydrogen-bond donors (Lipinski definition) is 2. The van der Waals surface area contributed by atoms with Crippen LogP contribution in [0, 0.1) is 6.92 Å². The van der Waals surface area contributed by atoms with Gasteiger partial charge < -0.3 is 20.3 Å². The third-order valence-corrected chi connectivity index (χ3v) is 5.02. The van der Waals surface area contributed by atoms with Crippen LogP contribution in [-0.2, 0) is 9.53 Å². The highest BCUT2D eigenvalue weighted by atomic mass is 16.5. The van der Waals surface area contributed by atoms with E-state index in [-0.39, 0.29) is 17.9 Å². The Morgan fingerprint density at radius 1 is 1.32 bits per heavy atom. The average Bonchev–Trinajstić information content (AvgIpc) is 2.64. The van der Waals surface area contributed by atoms with Gasteiger partial charge in [-0.15, -0.1) is 0 Å². The molecule has 0 saturated carbocycles. The van der Waals surface area contributed by atoms with E-state index in [1.54, 1.807) is 6.07 Å². The lowest BCUT2D eigenvalue weighted by Crippen LogP contribution is -2.45. The minimum Gasteiger partial charge on any atom is -0.366 e. The Morgan fingerprint density at radius 3 is 2.84 bits per heavy atom. The normalized spacial score (nSPS) is 24.0. The zero-order chi connectivity index (χ0) is 17.8. The number of rotatable bonds is 3. The summed E-state index contributed by atoms with van der Waals surface area (Å²) in [6.45, 7) is 6.67. The molecule has 6 heteroatoms. The highest BCUT2D eigenvalue weighted by Gasteiger charge is 2.25. The van der Waals surface area contributed by atoms with Gasteiger partial charge in [0.05, 0.1) is 6.61 Å². The summed E-state index contributed by atoms with van der Waals surface area (Å²) >= 11 is 0. The van der Waals surface area contributed by atoms with Gasteiger partial charge in [-0.05, 0) is 56.9 Å². The summed E-state index contributed by atoms with van der Waals surface area (Å²) in [7, 11) is 0. The van der Waals surface area contributed by atoms with Crippen molar-refractivity contribution in [1.82, 2.24) is 10.2 Å². The molecule has 0 radical (unpaired) electrons. The molecule has 2 heterocycles. The van der Waals surface area contributed by atoms with E-state index in [1.165, 1.54) is 6.42 Å². The molecule has 0 aliphatic carbocycles. The van der Waals surface area contributed by atoms with Gasteiger partial charge in [-0.3, -0.25) is 9.59 Å². The van der Waals surface area contributed by atoms with Gasteiger partial charge in [0, 0.05) is 36.9 Å². The van der Waals surface area contributed by atoms with Crippen molar-refractivity contribution in [3.8, 4) is 0 Å². The smallest absolute Gasteiger partial charge is 0.254 e. The van der Waals surface area contributed by atoms with E-state index in [0.717, 1.165) is 37.2 Å². The Kier molecular flexibility index (Phi) is 5.71. The summed E-state index contributed by atoms with van der Waals surface area (Å²) < 4.78 is 5.47. The predicted octanol–water partition coefficient (Wildman–Crippen LogP) is 1.94. The quantitative estimate of drug-likeness (QED) is 0.878. The molecule has 2 N–H and O–H groups in total. The molecule has 1 aromatic rings. The van der Waals surface area contributed by atoms with Gasteiger partial charge >= 0.3 is 0 Å². The van der Waals surface area contributed by atoms with E-state index in [0.29, 0.717) is 18.7 Å². The minimum absolute atomic E-state index is 0.0768. The van der Waals surface area contributed by atoms with Crippen LogP contribution in [0.2, 0.25) is 0 Å². The van der Waals surface area contributed by atoms with Crippen molar-refractivity contribution in [1.29, 1.82) is 0 Å². The minimum atomic E-state index is -0.469. The Hall–Kier alpha value is -1.92. The molecule has 0 aromatic heterocycles. The molecular formula is C19H27N3O3. The molecule has 2 fully saturated rings. The molecule has 2 saturated heterocycles. The summed E-state index contributed by atoms with van der Waals surface area (Å²) in [6, 6.07) is 5.76. The number of piperidine rings is 1. The van der Waals surface area contributed by atoms with Crippen LogP contribution in [-0.4, -0.2) is 55.1 Å². The van der Waals surface area contributed by atoms with Gasteiger partial charge in [-0.1, -0.05) is 0 Å². The maximum atomic E-state index is 12.8. The first-order valence-electron chi connectivity index (χ1n) is 9.11. The van der Waals surface area contributed by atoms with Gasteiger partial charge in [0.2, 0.25) is 0 Å². The highest BCUT2D eigenvalue weighted by Crippen LogP contribution is 2.22. The number of amides is 2. The highest BCUT2D eigenvalue weighted by molar-refractivity contribution is 5.98. The van der Waals surface area contributed by atoms with Crippen LogP contribution in [0.1, 0.15) is 42.1 Å². The number of carbonyl (C=O) groups excluding carboxylic acids is 2. The summed E-state index contributed by atoms with van der Waals surface area (Å²) in [4.78, 5) is 27.0. The Balaban J connectivity index is 1.67. The number of ether oxygens (including phenoxy) is 1. The first-order valence-corrected chi connectivity index (χ1v) is 9.11. The van der Waals surface area contributed by atoms with E-state index in [2.05, 4.69) is 17.6 Å². The molecule has 6 nitrogen and oxygen atoms in total. The van der Waals surface area contributed by atoms with Gasteiger partial charge in [-0.2, -0.15) is 0 Å². The van der Waals surface area contributed by atoms with E-state index >= 15 is 0 Å². The van der Waals surface area contributed by atoms with Crippen molar-refractivity contribution >= 4 is 17.5 Å². The van der Waals surface area contributed by atoms with Crippen molar-refractivity contribution in [3.05, 3.63) is 29.3 Å². The van der Waals surface area contributed by atoms with Crippen LogP contribution < -0.4 is 10.6 Å². The molecule has 2 aliphatic heterocycles. The third-order valence-electron chi connectivity index (χ3n) is 5.02. The molecular weight excluding hydrogens is 318 g/mol. The van der Waals surface area contributed by atoms with Crippen LogP contribution in [0.15, 0.2) is 18.2 Å². The first kappa shape index (κ1) is 17.9.